The number of halogens is 1. The van der Waals surface area contributed by atoms with Crippen LogP contribution in [0.5, 0.6) is 0 Å². The third-order valence-corrected chi connectivity index (χ3v) is 1.95. The van der Waals surface area contributed by atoms with Crippen LogP contribution in [0.3, 0.4) is 0 Å². The van der Waals surface area contributed by atoms with Gasteiger partial charge in [0.25, 0.3) is 0 Å². The van der Waals surface area contributed by atoms with Crippen molar-refractivity contribution in [3.8, 4) is 0 Å². The van der Waals surface area contributed by atoms with E-state index in [1.165, 1.54) is 0 Å². The highest BCUT2D eigenvalue weighted by Gasteiger charge is 2.21. The lowest BCUT2D eigenvalue weighted by atomic mass is 10.1. The Kier molecular flexibility index (Phi) is 3.41. The third-order valence-electron chi connectivity index (χ3n) is 1.69. The molecule has 0 saturated carbocycles. The van der Waals surface area contributed by atoms with E-state index in [0.717, 1.165) is 0 Å². The van der Waals surface area contributed by atoms with Crippen LogP contribution in [-0.4, -0.2) is 14.9 Å². The molecule has 0 aliphatic heterocycles. The summed E-state index contributed by atoms with van der Waals surface area (Å²) >= 11 is 5.64. The monoisotopic (exact) mass is 230 g/mol. The summed E-state index contributed by atoms with van der Waals surface area (Å²) in [5.74, 6) is 0.579. The third kappa shape index (κ3) is 2.76. The summed E-state index contributed by atoms with van der Waals surface area (Å²) in [5, 5.41) is 10.3. The fourth-order valence-corrected chi connectivity index (χ4v) is 1.38. The number of anilines is 1. The zero-order valence-electron chi connectivity index (χ0n) is 8.40. The Bertz CT molecular complexity index is 371. The van der Waals surface area contributed by atoms with E-state index >= 15 is 0 Å². The lowest BCUT2D eigenvalue weighted by molar-refractivity contribution is -0.384. The Hall–Kier alpha value is -1.43. The molecule has 0 unspecified atom stereocenters. The minimum atomic E-state index is -0.684. The number of nitrogens with zero attached hydrogens (tertiary/aromatic N) is 3. The van der Waals surface area contributed by atoms with Gasteiger partial charge >= 0.3 is 5.69 Å². The zero-order chi connectivity index (χ0) is 11.6. The lowest BCUT2D eigenvalue weighted by Crippen LogP contribution is -2.07. The number of nitrogen functional groups attached to an aromatic ring is 1. The molecule has 0 saturated heterocycles. The molecule has 0 radical (unpaired) electrons. The molecule has 1 rings (SSSR count). The van der Waals surface area contributed by atoms with Crippen molar-refractivity contribution in [1.82, 2.24) is 9.97 Å². The molecule has 0 atom stereocenters. The molecule has 15 heavy (non-hydrogen) atoms. The van der Waals surface area contributed by atoms with Gasteiger partial charge in [0, 0.05) is 6.42 Å². The van der Waals surface area contributed by atoms with Crippen LogP contribution in [0.2, 0.25) is 5.15 Å². The van der Waals surface area contributed by atoms with Gasteiger partial charge < -0.3 is 5.73 Å². The molecule has 1 aromatic rings. The Morgan fingerprint density at radius 1 is 1.53 bits per heavy atom. The zero-order valence-corrected chi connectivity index (χ0v) is 9.15. The minimum absolute atomic E-state index is 0.185. The number of rotatable bonds is 3. The molecule has 0 aliphatic carbocycles. The average molecular weight is 231 g/mol. The first-order valence-electron chi connectivity index (χ1n) is 4.38. The predicted molar refractivity (Wildman–Crippen MR) is 56.7 cm³/mol. The van der Waals surface area contributed by atoms with Crippen molar-refractivity contribution < 1.29 is 4.92 Å². The van der Waals surface area contributed by atoms with E-state index in [0.29, 0.717) is 18.2 Å². The van der Waals surface area contributed by atoms with Crippen molar-refractivity contribution in [2.24, 2.45) is 5.92 Å². The fraction of sp³-hybridized carbons (Fsp3) is 0.500. The molecule has 0 fully saturated rings. The second-order valence-electron chi connectivity index (χ2n) is 3.52. The standard InChI is InChI=1S/C8H11ClN4O2/c1-4(2)3-5-11-7(9)6(13(14)15)8(10)12-5/h4H,3H2,1-2H3,(H2,10,11,12). The van der Waals surface area contributed by atoms with Gasteiger partial charge in [-0.1, -0.05) is 25.4 Å². The number of aromatic nitrogens is 2. The topological polar surface area (TPSA) is 94.9 Å². The molecule has 6 nitrogen and oxygen atoms in total. The first-order chi connectivity index (χ1) is 6.91. The van der Waals surface area contributed by atoms with Gasteiger partial charge in [-0.05, 0) is 5.92 Å². The van der Waals surface area contributed by atoms with E-state index in [4.69, 9.17) is 17.3 Å². The van der Waals surface area contributed by atoms with E-state index in [1.807, 2.05) is 13.8 Å². The minimum Gasteiger partial charge on any atom is -0.378 e. The van der Waals surface area contributed by atoms with Crippen molar-refractivity contribution in [3.63, 3.8) is 0 Å². The molecule has 1 aromatic heterocycles. The lowest BCUT2D eigenvalue weighted by Gasteiger charge is -2.05. The van der Waals surface area contributed by atoms with Crippen molar-refractivity contribution in [2.45, 2.75) is 20.3 Å². The van der Waals surface area contributed by atoms with E-state index in [1.54, 1.807) is 0 Å². The largest absolute Gasteiger partial charge is 0.378 e. The molecule has 7 heteroatoms. The van der Waals surface area contributed by atoms with Crippen LogP contribution < -0.4 is 5.73 Å². The molecule has 2 N–H and O–H groups in total. The van der Waals surface area contributed by atoms with E-state index in [9.17, 15) is 10.1 Å². The van der Waals surface area contributed by atoms with Gasteiger partial charge in [-0.15, -0.1) is 0 Å². The molecule has 0 amide bonds. The van der Waals surface area contributed by atoms with E-state index in [2.05, 4.69) is 9.97 Å². The highest BCUT2D eigenvalue weighted by molar-refractivity contribution is 6.31. The number of nitrogens with two attached hydrogens (primary N) is 1. The van der Waals surface area contributed by atoms with Crippen LogP contribution in [0.4, 0.5) is 11.5 Å². The summed E-state index contributed by atoms with van der Waals surface area (Å²) in [4.78, 5) is 17.5. The molecular formula is C8H11ClN4O2. The van der Waals surface area contributed by atoms with E-state index in [-0.39, 0.29) is 11.0 Å². The Balaban J connectivity index is 3.14. The van der Waals surface area contributed by atoms with Crippen molar-refractivity contribution in [3.05, 3.63) is 21.1 Å². The highest BCUT2D eigenvalue weighted by atomic mass is 35.5. The van der Waals surface area contributed by atoms with E-state index < -0.39 is 10.6 Å². The number of nitro groups is 1. The smallest absolute Gasteiger partial charge is 0.348 e. The second-order valence-corrected chi connectivity index (χ2v) is 3.88. The maximum Gasteiger partial charge on any atom is 0.348 e. The van der Waals surface area contributed by atoms with Gasteiger partial charge in [-0.2, -0.15) is 0 Å². The average Bonchev–Trinajstić information content (AvgIpc) is 1.99. The Morgan fingerprint density at radius 3 is 2.53 bits per heavy atom. The summed E-state index contributed by atoms with van der Waals surface area (Å²) in [6.45, 7) is 3.96. The van der Waals surface area contributed by atoms with Gasteiger partial charge in [0.05, 0.1) is 4.92 Å². The predicted octanol–water partition coefficient (Wildman–Crippen LogP) is 1.82. The molecule has 0 aliphatic rings. The van der Waals surface area contributed by atoms with Crippen molar-refractivity contribution in [1.29, 1.82) is 0 Å². The Morgan fingerprint density at radius 2 is 2.13 bits per heavy atom. The van der Waals surface area contributed by atoms with Crippen LogP contribution in [0.25, 0.3) is 0 Å². The van der Waals surface area contributed by atoms with Crippen LogP contribution in [0, 0.1) is 16.0 Å². The van der Waals surface area contributed by atoms with Gasteiger partial charge in [-0.3, -0.25) is 10.1 Å². The van der Waals surface area contributed by atoms with Crippen molar-refractivity contribution >= 4 is 23.1 Å². The van der Waals surface area contributed by atoms with Gasteiger partial charge in [0.15, 0.2) is 0 Å². The van der Waals surface area contributed by atoms with Crippen LogP contribution in [0.1, 0.15) is 19.7 Å². The molecule has 0 spiro atoms. The number of hydrogen-bond donors (Lipinski definition) is 1. The van der Waals surface area contributed by atoms with Crippen LogP contribution in [0.15, 0.2) is 0 Å². The van der Waals surface area contributed by atoms with Gasteiger partial charge in [0.1, 0.15) is 5.82 Å². The molecule has 0 aromatic carbocycles. The summed E-state index contributed by atoms with van der Waals surface area (Å²) in [6.07, 6.45) is 0.585. The SMILES string of the molecule is CC(C)Cc1nc(N)c([N+](=O)[O-])c(Cl)n1. The maximum absolute atomic E-state index is 10.5. The van der Waals surface area contributed by atoms with Crippen molar-refractivity contribution in [2.75, 3.05) is 5.73 Å². The highest BCUT2D eigenvalue weighted by Crippen LogP contribution is 2.27. The fourth-order valence-electron chi connectivity index (χ4n) is 1.11. The summed E-state index contributed by atoms with van der Waals surface area (Å²) < 4.78 is 0. The number of hydrogen-bond acceptors (Lipinski definition) is 5. The maximum atomic E-state index is 10.5. The van der Waals surface area contributed by atoms with Crippen LogP contribution >= 0.6 is 11.6 Å². The molecular weight excluding hydrogens is 220 g/mol. The summed E-state index contributed by atoms with van der Waals surface area (Å²) in [6, 6.07) is 0. The first-order valence-corrected chi connectivity index (χ1v) is 4.76. The first kappa shape index (κ1) is 11.6. The second kappa shape index (κ2) is 4.39. The van der Waals surface area contributed by atoms with Crippen LogP contribution in [-0.2, 0) is 6.42 Å². The molecule has 82 valence electrons. The van der Waals surface area contributed by atoms with Gasteiger partial charge in [0.2, 0.25) is 11.0 Å². The van der Waals surface area contributed by atoms with Gasteiger partial charge in [-0.25, -0.2) is 9.97 Å². The molecule has 1 heterocycles. The Labute approximate surface area is 91.6 Å². The molecule has 0 bridgehead atoms. The quantitative estimate of drug-likeness (QED) is 0.485. The normalized spacial score (nSPS) is 10.7. The summed E-state index contributed by atoms with van der Waals surface area (Å²) in [7, 11) is 0. The summed E-state index contributed by atoms with van der Waals surface area (Å²) in [5.41, 5.74) is 4.99.